The minimum absolute atomic E-state index is 0.254. The molecule has 0 radical (unpaired) electrons. The van der Waals surface area contributed by atoms with Gasteiger partial charge in [-0.2, -0.15) is 0 Å². The van der Waals surface area contributed by atoms with Gasteiger partial charge in [-0.25, -0.2) is 0 Å². The van der Waals surface area contributed by atoms with Crippen molar-refractivity contribution in [2.45, 2.75) is 6.54 Å². The van der Waals surface area contributed by atoms with Crippen molar-refractivity contribution < 1.29 is 5.11 Å². The van der Waals surface area contributed by atoms with Crippen molar-refractivity contribution in [2.75, 3.05) is 5.32 Å². The van der Waals surface area contributed by atoms with Crippen LogP contribution < -0.4 is 5.32 Å². The molecule has 0 atom stereocenters. The Kier molecular flexibility index (Phi) is 5.34. The molecule has 0 aliphatic carbocycles. The first-order chi connectivity index (χ1) is 8.95. The molecule has 0 spiro atoms. The fraction of sp³-hybridized carbons (Fsp3) is 0.0769. The van der Waals surface area contributed by atoms with Crippen molar-refractivity contribution in [2.24, 2.45) is 0 Å². The molecule has 0 aliphatic heterocycles. The number of phenols is 1. The number of nitrogens with one attached hydrogen (secondary N) is 1. The Balaban J connectivity index is 2.14. The predicted molar refractivity (Wildman–Crippen MR) is 92.7 cm³/mol. The van der Waals surface area contributed by atoms with Gasteiger partial charge in [0.25, 0.3) is 0 Å². The molecule has 0 fully saturated rings. The second-order valence-electron chi connectivity index (χ2n) is 3.93. The summed E-state index contributed by atoms with van der Waals surface area (Å²) >= 11 is 13.8. The second-order valence-corrected chi connectivity index (χ2v) is 7.34. The monoisotopic (exact) mass is 511 g/mol. The molecule has 19 heavy (non-hydrogen) atoms. The lowest BCUT2D eigenvalue weighted by atomic mass is 10.2. The molecule has 2 nitrogen and oxygen atoms in total. The topological polar surface area (TPSA) is 32.3 Å². The van der Waals surface area contributed by atoms with Gasteiger partial charge in [-0.15, -0.1) is 0 Å². The van der Waals surface area contributed by atoms with Gasteiger partial charge in [-0.05, 0) is 83.7 Å². The van der Waals surface area contributed by atoms with E-state index in [0.717, 1.165) is 29.1 Å². The van der Waals surface area contributed by atoms with Crippen LogP contribution in [0.1, 0.15) is 5.56 Å². The fourth-order valence-corrected chi connectivity index (χ4v) is 3.54. The first kappa shape index (κ1) is 15.4. The largest absolute Gasteiger partial charge is 0.508 e. The third-order valence-corrected chi connectivity index (χ3v) is 6.05. The van der Waals surface area contributed by atoms with Crippen molar-refractivity contribution in [3.05, 3.63) is 53.8 Å². The van der Waals surface area contributed by atoms with Gasteiger partial charge in [0.2, 0.25) is 0 Å². The SMILES string of the molecule is Oc1cc(Br)cc(CNc2cc(Br)c(Br)c(Br)c2)c1. The summed E-state index contributed by atoms with van der Waals surface area (Å²) in [5.74, 6) is 0.254. The van der Waals surface area contributed by atoms with Crippen LogP contribution in [0.4, 0.5) is 5.69 Å². The van der Waals surface area contributed by atoms with E-state index in [1.807, 2.05) is 18.2 Å². The molecule has 6 heteroatoms. The Labute approximate surface area is 145 Å². The molecule has 0 heterocycles. The van der Waals surface area contributed by atoms with Gasteiger partial charge in [0.15, 0.2) is 0 Å². The van der Waals surface area contributed by atoms with Crippen LogP contribution >= 0.6 is 63.7 Å². The first-order valence-corrected chi connectivity index (χ1v) is 8.50. The Morgan fingerprint density at radius 3 is 2.11 bits per heavy atom. The van der Waals surface area contributed by atoms with E-state index in [1.165, 1.54) is 0 Å². The zero-order valence-electron chi connectivity index (χ0n) is 9.55. The molecule has 2 rings (SSSR count). The van der Waals surface area contributed by atoms with Crippen LogP contribution in [0.3, 0.4) is 0 Å². The van der Waals surface area contributed by atoms with Crippen LogP contribution in [0.15, 0.2) is 48.2 Å². The van der Waals surface area contributed by atoms with Crippen molar-refractivity contribution in [3.63, 3.8) is 0 Å². The first-order valence-electron chi connectivity index (χ1n) is 5.32. The van der Waals surface area contributed by atoms with Gasteiger partial charge in [0.1, 0.15) is 5.75 Å². The number of hydrogen-bond acceptors (Lipinski definition) is 2. The van der Waals surface area contributed by atoms with Crippen LogP contribution in [0.5, 0.6) is 5.75 Å². The van der Waals surface area contributed by atoms with E-state index >= 15 is 0 Å². The van der Waals surface area contributed by atoms with Crippen LogP contribution in [-0.4, -0.2) is 5.11 Å². The number of hydrogen-bond donors (Lipinski definition) is 2. The van der Waals surface area contributed by atoms with E-state index < -0.39 is 0 Å². The van der Waals surface area contributed by atoms with E-state index in [4.69, 9.17) is 0 Å². The normalized spacial score (nSPS) is 10.5. The molecule has 0 saturated carbocycles. The maximum atomic E-state index is 9.54. The summed E-state index contributed by atoms with van der Waals surface area (Å²) in [6.07, 6.45) is 0. The Morgan fingerprint density at radius 2 is 1.53 bits per heavy atom. The third kappa shape index (κ3) is 4.21. The van der Waals surface area contributed by atoms with Gasteiger partial charge in [-0.1, -0.05) is 15.9 Å². The van der Waals surface area contributed by atoms with Crippen LogP contribution in [0.2, 0.25) is 0 Å². The van der Waals surface area contributed by atoms with Crippen molar-refractivity contribution >= 4 is 69.4 Å². The summed E-state index contributed by atoms with van der Waals surface area (Å²) < 4.78 is 3.79. The summed E-state index contributed by atoms with van der Waals surface area (Å²) in [5.41, 5.74) is 1.99. The zero-order valence-corrected chi connectivity index (χ0v) is 15.9. The van der Waals surface area contributed by atoms with Crippen LogP contribution in [0, 0.1) is 0 Å². The highest BCUT2D eigenvalue weighted by Gasteiger charge is 2.05. The van der Waals surface area contributed by atoms with Crippen molar-refractivity contribution in [3.8, 4) is 5.75 Å². The highest BCUT2D eigenvalue weighted by Crippen LogP contribution is 2.34. The summed E-state index contributed by atoms with van der Waals surface area (Å²) in [5, 5.41) is 12.8. The molecule has 100 valence electrons. The quantitative estimate of drug-likeness (QED) is 0.489. The minimum atomic E-state index is 0.254. The molecular weight excluding hydrogens is 506 g/mol. The van der Waals surface area contributed by atoms with E-state index in [0.29, 0.717) is 6.54 Å². The molecule has 2 N–H and O–H groups in total. The number of halogens is 4. The van der Waals surface area contributed by atoms with Gasteiger partial charge in [-0.3, -0.25) is 0 Å². The highest BCUT2D eigenvalue weighted by molar-refractivity contribution is 9.14. The molecule has 2 aromatic carbocycles. The average molecular weight is 515 g/mol. The predicted octanol–water partition coefficient (Wildman–Crippen LogP) is 6.05. The van der Waals surface area contributed by atoms with E-state index in [1.54, 1.807) is 12.1 Å². The molecule has 2 aromatic rings. The van der Waals surface area contributed by atoms with Crippen LogP contribution in [-0.2, 0) is 6.54 Å². The maximum Gasteiger partial charge on any atom is 0.117 e. The summed E-state index contributed by atoms with van der Waals surface area (Å²) in [4.78, 5) is 0. The summed E-state index contributed by atoms with van der Waals surface area (Å²) in [6.45, 7) is 0.632. The second kappa shape index (κ2) is 6.61. The highest BCUT2D eigenvalue weighted by atomic mass is 79.9. The summed E-state index contributed by atoms with van der Waals surface area (Å²) in [6, 6.07) is 9.35. The summed E-state index contributed by atoms with van der Waals surface area (Å²) in [7, 11) is 0. The van der Waals surface area contributed by atoms with Gasteiger partial charge >= 0.3 is 0 Å². The van der Waals surface area contributed by atoms with E-state index in [-0.39, 0.29) is 5.75 Å². The van der Waals surface area contributed by atoms with Gasteiger partial charge < -0.3 is 10.4 Å². The number of benzene rings is 2. The van der Waals surface area contributed by atoms with E-state index in [2.05, 4.69) is 69.0 Å². The lowest BCUT2D eigenvalue weighted by Crippen LogP contribution is -1.99. The van der Waals surface area contributed by atoms with E-state index in [9.17, 15) is 5.11 Å². The van der Waals surface area contributed by atoms with Gasteiger partial charge in [0.05, 0.1) is 0 Å². The molecule has 0 saturated heterocycles. The Bertz CT molecular complexity index is 572. The molecular formula is C13H9Br4NO. The minimum Gasteiger partial charge on any atom is -0.508 e. The third-order valence-electron chi connectivity index (χ3n) is 2.42. The lowest BCUT2D eigenvalue weighted by molar-refractivity contribution is 0.474. The number of phenolic OH excluding ortho intramolecular Hbond substituents is 1. The smallest absolute Gasteiger partial charge is 0.117 e. The molecule has 0 bridgehead atoms. The van der Waals surface area contributed by atoms with Crippen LogP contribution in [0.25, 0.3) is 0 Å². The molecule has 0 aliphatic rings. The van der Waals surface area contributed by atoms with Gasteiger partial charge in [0, 0.05) is 30.1 Å². The van der Waals surface area contributed by atoms with Crippen molar-refractivity contribution in [1.82, 2.24) is 0 Å². The Hall–Kier alpha value is -0.0400. The van der Waals surface area contributed by atoms with Crippen molar-refractivity contribution in [1.29, 1.82) is 0 Å². The molecule has 0 unspecified atom stereocenters. The zero-order chi connectivity index (χ0) is 14.0. The molecule has 0 amide bonds. The Morgan fingerprint density at radius 1 is 0.895 bits per heavy atom. The number of rotatable bonds is 3. The average Bonchev–Trinajstić information content (AvgIpc) is 2.32. The standard InChI is InChI=1S/C13H9Br4NO/c14-8-1-7(2-10(19)3-8)6-18-9-4-11(15)13(17)12(16)5-9/h1-5,18-19H,6H2. The number of aromatic hydroxyl groups is 1. The lowest BCUT2D eigenvalue weighted by Gasteiger charge is -2.10. The fourth-order valence-electron chi connectivity index (χ4n) is 1.60. The maximum absolute atomic E-state index is 9.54. The number of anilines is 1. The molecule has 0 aromatic heterocycles.